The number of hydrogen-bond donors (Lipinski definition) is 1. The maximum atomic E-state index is 13.5. The smallest absolute Gasteiger partial charge is 0.425 e. The minimum atomic E-state index is -0.933. The second kappa shape index (κ2) is 11.5. The molecule has 0 aromatic carbocycles. The molecule has 41 heavy (non-hydrogen) atoms. The van der Waals surface area contributed by atoms with Gasteiger partial charge in [0.1, 0.15) is 16.8 Å². The van der Waals surface area contributed by atoms with Crippen molar-refractivity contribution in [2.75, 3.05) is 24.6 Å². The van der Waals surface area contributed by atoms with E-state index in [1.807, 2.05) is 20.8 Å². The highest BCUT2D eigenvalue weighted by Gasteiger charge is 2.43. The topological polar surface area (TPSA) is 136 Å². The van der Waals surface area contributed by atoms with Crippen LogP contribution in [-0.2, 0) is 19.7 Å². The van der Waals surface area contributed by atoms with Crippen LogP contribution in [-0.4, -0.2) is 79.6 Å². The van der Waals surface area contributed by atoms with Crippen molar-refractivity contribution in [3.05, 3.63) is 18.0 Å². The van der Waals surface area contributed by atoms with Crippen molar-refractivity contribution in [3.63, 3.8) is 0 Å². The molecule has 0 bridgehead atoms. The van der Waals surface area contributed by atoms with E-state index in [-0.39, 0.29) is 12.4 Å². The third kappa shape index (κ3) is 7.66. The minimum absolute atomic E-state index is 0.0287. The average Bonchev–Trinajstić information content (AvgIpc) is 3.17. The van der Waals surface area contributed by atoms with E-state index in [4.69, 9.17) is 19.3 Å². The number of aromatic nitrogens is 3. The van der Waals surface area contributed by atoms with Crippen molar-refractivity contribution in [1.29, 1.82) is 0 Å². The molecular weight excluding hydrogens is 530 g/mol. The van der Waals surface area contributed by atoms with Gasteiger partial charge < -0.3 is 24.2 Å². The van der Waals surface area contributed by atoms with Gasteiger partial charge in [0.05, 0.1) is 22.1 Å². The van der Waals surface area contributed by atoms with Crippen molar-refractivity contribution in [3.8, 4) is 0 Å². The maximum Gasteiger partial charge on any atom is 0.425 e. The van der Waals surface area contributed by atoms with Gasteiger partial charge in [-0.15, -0.1) is 0 Å². The van der Waals surface area contributed by atoms with Gasteiger partial charge in [-0.1, -0.05) is 0 Å². The normalized spacial score (nSPS) is 15.9. The SMILES string of the molecule is Cc1nccc2c1c(N(C(=O)OC(C)(C)C)C(=O)OC(C)(C)C)nn2C1(CCO)CCN(C(=O)OC(C)(C)C)CC1. The molecule has 0 spiro atoms. The van der Waals surface area contributed by atoms with Gasteiger partial charge in [0.25, 0.3) is 0 Å². The van der Waals surface area contributed by atoms with Gasteiger partial charge in [-0.25, -0.2) is 14.4 Å². The number of hydrogen-bond acceptors (Lipinski definition) is 9. The lowest BCUT2D eigenvalue weighted by Gasteiger charge is -2.42. The summed E-state index contributed by atoms with van der Waals surface area (Å²) < 4.78 is 18.5. The number of anilines is 1. The van der Waals surface area contributed by atoms with Gasteiger partial charge in [-0.3, -0.25) is 9.67 Å². The Morgan fingerprint density at radius 2 is 1.44 bits per heavy atom. The molecule has 2 aromatic heterocycles. The Bertz CT molecular complexity index is 1250. The molecule has 228 valence electrons. The van der Waals surface area contributed by atoms with Crippen LogP contribution in [0.2, 0.25) is 0 Å². The molecule has 3 rings (SSSR count). The van der Waals surface area contributed by atoms with E-state index in [9.17, 15) is 19.5 Å². The van der Waals surface area contributed by atoms with Crippen molar-refractivity contribution in [2.45, 2.75) is 111 Å². The molecule has 1 aliphatic heterocycles. The van der Waals surface area contributed by atoms with E-state index in [1.54, 1.807) is 70.3 Å². The molecule has 1 saturated heterocycles. The number of aliphatic hydroxyl groups is 1. The second-order valence-corrected chi connectivity index (χ2v) is 13.5. The first-order valence-corrected chi connectivity index (χ1v) is 14.0. The molecular formula is C29H45N5O7. The lowest BCUT2D eigenvalue weighted by Crippen LogP contribution is -2.50. The molecule has 1 fully saturated rings. The maximum absolute atomic E-state index is 13.5. The van der Waals surface area contributed by atoms with Gasteiger partial charge in [0, 0.05) is 25.9 Å². The number of aryl methyl sites for hydroxylation is 1. The summed E-state index contributed by atoms with van der Waals surface area (Å²) in [5.74, 6) is 0.0287. The van der Waals surface area contributed by atoms with Crippen molar-refractivity contribution < 1.29 is 33.7 Å². The summed E-state index contributed by atoms with van der Waals surface area (Å²) in [6.45, 7) is 18.1. The number of carbonyl (C=O) groups excluding carboxylic acids is 3. The summed E-state index contributed by atoms with van der Waals surface area (Å²) >= 11 is 0. The highest BCUT2D eigenvalue weighted by atomic mass is 16.6. The van der Waals surface area contributed by atoms with Gasteiger partial charge in [0.15, 0.2) is 5.82 Å². The minimum Gasteiger partial charge on any atom is -0.444 e. The molecule has 3 heterocycles. The molecule has 0 atom stereocenters. The zero-order valence-corrected chi connectivity index (χ0v) is 26.0. The van der Waals surface area contributed by atoms with Crippen LogP contribution in [0.1, 0.15) is 87.3 Å². The first-order chi connectivity index (χ1) is 18.8. The van der Waals surface area contributed by atoms with Gasteiger partial charge in [-0.05, 0) is 94.6 Å². The Morgan fingerprint density at radius 3 is 1.90 bits per heavy atom. The predicted molar refractivity (Wildman–Crippen MR) is 154 cm³/mol. The molecule has 0 saturated carbocycles. The van der Waals surface area contributed by atoms with Crippen LogP contribution in [0.15, 0.2) is 12.3 Å². The van der Waals surface area contributed by atoms with E-state index in [2.05, 4.69) is 4.98 Å². The average molecular weight is 576 g/mol. The predicted octanol–water partition coefficient (Wildman–Crippen LogP) is 5.52. The third-order valence-corrected chi connectivity index (χ3v) is 6.50. The van der Waals surface area contributed by atoms with E-state index >= 15 is 0 Å². The van der Waals surface area contributed by atoms with Crippen LogP contribution in [0.5, 0.6) is 0 Å². The molecule has 2 aromatic rings. The Kier molecular flexibility index (Phi) is 8.98. The van der Waals surface area contributed by atoms with Crippen LogP contribution in [0, 0.1) is 6.92 Å². The fourth-order valence-electron chi connectivity index (χ4n) is 4.79. The summed E-state index contributed by atoms with van der Waals surface area (Å²) in [5.41, 5.74) is -1.95. The monoisotopic (exact) mass is 575 g/mol. The van der Waals surface area contributed by atoms with E-state index in [0.717, 1.165) is 4.90 Å². The van der Waals surface area contributed by atoms with Gasteiger partial charge in [-0.2, -0.15) is 10.00 Å². The van der Waals surface area contributed by atoms with Gasteiger partial charge in [0.2, 0.25) is 0 Å². The van der Waals surface area contributed by atoms with Crippen LogP contribution in [0.3, 0.4) is 0 Å². The van der Waals surface area contributed by atoms with E-state index < -0.39 is 40.6 Å². The summed E-state index contributed by atoms with van der Waals surface area (Å²) in [7, 11) is 0. The van der Waals surface area contributed by atoms with Gasteiger partial charge >= 0.3 is 18.3 Å². The second-order valence-electron chi connectivity index (χ2n) is 13.5. The first kappa shape index (κ1) is 32.1. The number of imide groups is 1. The number of piperidine rings is 1. The van der Waals surface area contributed by atoms with Crippen LogP contribution >= 0.6 is 0 Å². The molecule has 1 aliphatic rings. The number of aliphatic hydroxyl groups excluding tert-OH is 1. The standard InChI is InChI=1S/C29H45N5O7/c1-19-21-20(11-15-30-19)34(29(14-18-35)12-16-32(17-13-29)23(36)39-26(2,3)4)31-22(21)33(24(37)40-27(5,6)7)25(38)41-28(8,9)10/h11,15,35H,12-14,16-18H2,1-10H3. The zero-order valence-electron chi connectivity index (χ0n) is 26.0. The summed E-state index contributed by atoms with van der Waals surface area (Å²) in [6, 6.07) is 1.76. The number of amides is 3. The highest BCUT2D eigenvalue weighted by Crippen LogP contribution is 2.40. The largest absolute Gasteiger partial charge is 0.444 e. The number of nitrogens with zero attached hydrogens (tertiary/aromatic N) is 5. The van der Waals surface area contributed by atoms with E-state index in [0.29, 0.717) is 48.9 Å². The molecule has 0 unspecified atom stereocenters. The van der Waals surface area contributed by atoms with Crippen LogP contribution in [0.4, 0.5) is 20.2 Å². The lowest BCUT2D eigenvalue weighted by atomic mass is 9.84. The molecule has 0 radical (unpaired) electrons. The summed E-state index contributed by atoms with van der Waals surface area (Å²) in [6.07, 6.45) is 0.628. The fraction of sp³-hybridized carbons (Fsp3) is 0.690. The van der Waals surface area contributed by atoms with E-state index in [1.165, 1.54) is 0 Å². The number of rotatable bonds is 4. The number of pyridine rings is 1. The number of ether oxygens (including phenoxy) is 3. The van der Waals surface area contributed by atoms with Crippen LogP contribution < -0.4 is 4.90 Å². The molecule has 12 heteroatoms. The zero-order chi connectivity index (χ0) is 31.0. The number of carbonyl (C=O) groups is 3. The lowest BCUT2D eigenvalue weighted by molar-refractivity contribution is 0.00740. The third-order valence-electron chi connectivity index (χ3n) is 6.50. The summed E-state index contributed by atoms with van der Waals surface area (Å²) in [4.78, 5) is 46.6. The Balaban J connectivity index is 2.15. The van der Waals surface area contributed by atoms with Crippen LogP contribution in [0.25, 0.3) is 10.9 Å². The summed E-state index contributed by atoms with van der Waals surface area (Å²) in [5, 5.41) is 15.5. The molecule has 1 N–H and O–H groups in total. The Morgan fingerprint density at radius 1 is 0.927 bits per heavy atom. The van der Waals surface area contributed by atoms with Crippen molar-refractivity contribution in [2.24, 2.45) is 0 Å². The first-order valence-electron chi connectivity index (χ1n) is 14.0. The molecule has 3 amide bonds. The number of likely N-dealkylation sites (tertiary alicyclic amines) is 1. The Labute approximate surface area is 241 Å². The number of fused-ring (bicyclic) bond motifs is 1. The molecule has 0 aliphatic carbocycles. The quantitative estimate of drug-likeness (QED) is 0.467. The highest BCUT2D eigenvalue weighted by molar-refractivity contribution is 6.14. The van der Waals surface area contributed by atoms with Crippen molar-refractivity contribution >= 4 is 35.0 Å². The Hall–Kier alpha value is -3.41. The fourth-order valence-corrected chi connectivity index (χ4v) is 4.79. The molecule has 12 nitrogen and oxygen atoms in total. The van der Waals surface area contributed by atoms with Crippen molar-refractivity contribution in [1.82, 2.24) is 19.7 Å².